The number of carbonyl (C=O) groups excluding carboxylic acids is 1. The molecule has 2 saturated heterocycles. The molecule has 0 radical (unpaired) electrons. The summed E-state index contributed by atoms with van der Waals surface area (Å²) in [6, 6.07) is 12.1. The first-order valence-electron chi connectivity index (χ1n) is 10.6. The predicted octanol–water partition coefficient (Wildman–Crippen LogP) is 3.86. The molecule has 1 aromatic carbocycles. The van der Waals surface area contributed by atoms with E-state index in [4.69, 9.17) is 9.47 Å². The molecule has 2 aliphatic heterocycles. The number of hydrogen-bond acceptors (Lipinski definition) is 4. The highest BCUT2D eigenvalue weighted by molar-refractivity contribution is 5.79. The zero-order chi connectivity index (χ0) is 20.3. The van der Waals surface area contributed by atoms with E-state index in [0.29, 0.717) is 18.9 Å². The summed E-state index contributed by atoms with van der Waals surface area (Å²) in [5, 5.41) is 0. The highest BCUT2D eigenvalue weighted by atomic mass is 16.5. The topological polar surface area (TPSA) is 51.7 Å². The van der Waals surface area contributed by atoms with Gasteiger partial charge in [0.25, 0.3) is 0 Å². The second-order valence-electron chi connectivity index (χ2n) is 8.42. The quantitative estimate of drug-likeness (QED) is 0.790. The van der Waals surface area contributed by atoms with E-state index >= 15 is 0 Å². The second-order valence-corrected chi connectivity index (χ2v) is 8.42. The third kappa shape index (κ3) is 4.78. The SMILES string of the molecule is Cc1ccnc(OC2CCOC3(CCN(C(=O)Cc4ccccc4C)CC3)C2)c1. The number of ether oxygens (including phenoxy) is 2. The van der Waals surface area contributed by atoms with Crippen LogP contribution in [-0.4, -0.2) is 47.2 Å². The summed E-state index contributed by atoms with van der Waals surface area (Å²) in [5.74, 6) is 0.902. The van der Waals surface area contributed by atoms with Crippen LogP contribution in [0.1, 0.15) is 42.4 Å². The normalized spacial score (nSPS) is 21.2. The number of hydrogen-bond donors (Lipinski definition) is 0. The molecule has 1 amide bonds. The molecule has 5 nitrogen and oxygen atoms in total. The zero-order valence-corrected chi connectivity index (χ0v) is 17.4. The van der Waals surface area contributed by atoms with Crippen molar-refractivity contribution in [3.05, 3.63) is 59.3 Å². The average Bonchev–Trinajstić information content (AvgIpc) is 2.70. The number of aryl methyl sites for hydroxylation is 2. The second kappa shape index (κ2) is 8.54. The fourth-order valence-corrected chi connectivity index (χ4v) is 4.42. The molecule has 0 saturated carbocycles. The Hall–Kier alpha value is -2.40. The fraction of sp³-hybridized carbons (Fsp3) is 0.500. The number of rotatable bonds is 4. The van der Waals surface area contributed by atoms with Crippen LogP contribution in [0.2, 0.25) is 0 Å². The van der Waals surface area contributed by atoms with Crippen molar-refractivity contribution in [3.63, 3.8) is 0 Å². The van der Waals surface area contributed by atoms with Crippen LogP contribution in [0, 0.1) is 13.8 Å². The molecule has 5 heteroatoms. The van der Waals surface area contributed by atoms with Crippen LogP contribution >= 0.6 is 0 Å². The number of pyridine rings is 1. The Morgan fingerprint density at radius 3 is 2.79 bits per heavy atom. The van der Waals surface area contributed by atoms with Gasteiger partial charge >= 0.3 is 0 Å². The molecule has 3 heterocycles. The first-order valence-corrected chi connectivity index (χ1v) is 10.6. The molecule has 2 aliphatic rings. The number of benzene rings is 1. The molecule has 1 atom stereocenters. The Balaban J connectivity index is 1.33. The lowest BCUT2D eigenvalue weighted by molar-refractivity contribution is -0.151. The van der Waals surface area contributed by atoms with Gasteiger partial charge in [-0.1, -0.05) is 24.3 Å². The molecule has 2 fully saturated rings. The summed E-state index contributed by atoms with van der Waals surface area (Å²) < 4.78 is 12.4. The number of likely N-dealkylation sites (tertiary alicyclic amines) is 1. The first-order chi connectivity index (χ1) is 14.0. The van der Waals surface area contributed by atoms with Gasteiger partial charge in [-0.3, -0.25) is 4.79 Å². The van der Waals surface area contributed by atoms with E-state index in [1.165, 1.54) is 5.56 Å². The summed E-state index contributed by atoms with van der Waals surface area (Å²) >= 11 is 0. The molecule has 0 N–H and O–H groups in total. The average molecular weight is 395 g/mol. The molecule has 154 valence electrons. The summed E-state index contributed by atoms with van der Waals surface area (Å²) in [5.41, 5.74) is 3.27. The van der Waals surface area contributed by atoms with Gasteiger partial charge in [-0.25, -0.2) is 4.98 Å². The van der Waals surface area contributed by atoms with Gasteiger partial charge in [0.05, 0.1) is 18.6 Å². The van der Waals surface area contributed by atoms with Crippen LogP contribution in [0.5, 0.6) is 5.88 Å². The van der Waals surface area contributed by atoms with Crippen molar-refractivity contribution in [2.75, 3.05) is 19.7 Å². The van der Waals surface area contributed by atoms with Gasteiger partial charge in [-0.15, -0.1) is 0 Å². The molecular formula is C24H30N2O3. The molecule has 1 spiro atoms. The number of amides is 1. The summed E-state index contributed by atoms with van der Waals surface area (Å²) in [6.45, 7) is 6.31. The summed E-state index contributed by atoms with van der Waals surface area (Å²) in [7, 11) is 0. The van der Waals surface area contributed by atoms with Crippen molar-refractivity contribution in [2.24, 2.45) is 0 Å². The Morgan fingerprint density at radius 2 is 2.03 bits per heavy atom. The highest BCUT2D eigenvalue weighted by Crippen LogP contribution is 2.36. The van der Waals surface area contributed by atoms with E-state index in [0.717, 1.165) is 49.9 Å². The maximum Gasteiger partial charge on any atom is 0.227 e. The Labute approximate surface area is 173 Å². The van der Waals surface area contributed by atoms with Crippen LogP contribution in [0.25, 0.3) is 0 Å². The van der Waals surface area contributed by atoms with Gasteiger partial charge in [0.2, 0.25) is 11.8 Å². The third-order valence-electron chi connectivity index (χ3n) is 6.26. The maximum atomic E-state index is 12.8. The monoisotopic (exact) mass is 394 g/mol. The predicted molar refractivity (Wildman–Crippen MR) is 112 cm³/mol. The molecule has 4 rings (SSSR count). The summed E-state index contributed by atoms with van der Waals surface area (Å²) in [4.78, 5) is 19.1. The van der Waals surface area contributed by atoms with Crippen molar-refractivity contribution in [3.8, 4) is 5.88 Å². The molecule has 2 aromatic rings. The van der Waals surface area contributed by atoms with Crippen molar-refractivity contribution in [2.45, 2.75) is 57.7 Å². The lowest BCUT2D eigenvalue weighted by Gasteiger charge is -2.46. The summed E-state index contributed by atoms with van der Waals surface area (Å²) in [6.07, 6.45) is 5.87. The van der Waals surface area contributed by atoms with Gasteiger partial charge in [0.15, 0.2) is 0 Å². The lowest BCUT2D eigenvalue weighted by Crippen LogP contribution is -2.52. The number of nitrogens with zero attached hydrogens (tertiary/aromatic N) is 2. The van der Waals surface area contributed by atoms with Gasteiger partial charge in [-0.05, 0) is 49.4 Å². The van der Waals surface area contributed by atoms with Crippen LogP contribution in [0.4, 0.5) is 0 Å². The number of carbonyl (C=O) groups is 1. The van der Waals surface area contributed by atoms with E-state index in [2.05, 4.69) is 18.0 Å². The third-order valence-corrected chi connectivity index (χ3v) is 6.26. The number of aromatic nitrogens is 1. The molecule has 0 bridgehead atoms. The molecule has 1 unspecified atom stereocenters. The largest absolute Gasteiger partial charge is 0.474 e. The van der Waals surface area contributed by atoms with Crippen molar-refractivity contribution in [1.29, 1.82) is 0 Å². The highest BCUT2D eigenvalue weighted by Gasteiger charge is 2.42. The van der Waals surface area contributed by atoms with E-state index < -0.39 is 0 Å². The minimum atomic E-state index is -0.174. The van der Waals surface area contributed by atoms with Crippen LogP contribution in [0.15, 0.2) is 42.6 Å². The Morgan fingerprint density at radius 1 is 1.24 bits per heavy atom. The number of piperidine rings is 1. The van der Waals surface area contributed by atoms with Crippen LogP contribution in [-0.2, 0) is 16.0 Å². The van der Waals surface area contributed by atoms with E-state index in [1.807, 2.05) is 42.2 Å². The molecule has 0 aliphatic carbocycles. The van der Waals surface area contributed by atoms with Gasteiger partial charge < -0.3 is 14.4 Å². The molecular weight excluding hydrogens is 364 g/mol. The zero-order valence-electron chi connectivity index (χ0n) is 17.4. The van der Waals surface area contributed by atoms with Crippen molar-refractivity contribution < 1.29 is 14.3 Å². The smallest absolute Gasteiger partial charge is 0.227 e. The van der Waals surface area contributed by atoms with E-state index in [1.54, 1.807) is 6.20 Å². The molecule has 1 aromatic heterocycles. The minimum Gasteiger partial charge on any atom is -0.474 e. The van der Waals surface area contributed by atoms with Crippen molar-refractivity contribution >= 4 is 5.91 Å². The first kappa shape index (κ1) is 19.9. The minimum absolute atomic E-state index is 0.118. The standard InChI is InChI=1S/C24H30N2O3/c1-18-7-11-25-22(15-18)29-21-8-14-28-24(17-21)9-12-26(13-10-24)23(27)16-20-6-4-3-5-19(20)2/h3-7,11,15,21H,8-10,12-14,16-17H2,1-2H3. The van der Waals surface area contributed by atoms with Gasteiger partial charge in [0.1, 0.15) is 6.10 Å². The maximum absolute atomic E-state index is 12.8. The van der Waals surface area contributed by atoms with Crippen LogP contribution in [0.3, 0.4) is 0 Å². The van der Waals surface area contributed by atoms with Gasteiger partial charge in [-0.2, -0.15) is 0 Å². The lowest BCUT2D eigenvalue weighted by atomic mass is 9.83. The Bertz CT molecular complexity index is 859. The van der Waals surface area contributed by atoms with Crippen LogP contribution < -0.4 is 4.74 Å². The van der Waals surface area contributed by atoms with E-state index in [-0.39, 0.29) is 17.6 Å². The Kier molecular flexibility index (Phi) is 5.86. The molecule has 29 heavy (non-hydrogen) atoms. The van der Waals surface area contributed by atoms with Gasteiger partial charge in [0, 0.05) is 38.2 Å². The van der Waals surface area contributed by atoms with Crippen molar-refractivity contribution in [1.82, 2.24) is 9.88 Å². The fourth-order valence-electron chi connectivity index (χ4n) is 4.42. The van der Waals surface area contributed by atoms with E-state index in [9.17, 15) is 4.79 Å².